The molecule has 1 atom stereocenters. The van der Waals surface area contributed by atoms with Crippen LogP contribution in [0.5, 0.6) is 11.5 Å². The summed E-state index contributed by atoms with van der Waals surface area (Å²) in [5, 5.41) is 11.9. The van der Waals surface area contributed by atoms with Crippen LogP contribution in [0, 0.1) is 0 Å². The Morgan fingerprint density at radius 3 is 2.32 bits per heavy atom. The normalized spacial score (nSPS) is 11.4. The van der Waals surface area contributed by atoms with E-state index in [2.05, 4.69) is 5.32 Å². The molecule has 2 rings (SSSR count). The zero-order chi connectivity index (χ0) is 18.2. The Morgan fingerprint density at radius 1 is 1.08 bits per heavy atom. The minimum absolute atomic E-state index is 0.0287. The summed E-state index contributed by atoms with van der Waals surface area (Å²) in [6, 6.07) is 13.2. The number of ether oxygens (including phenoxy) is 2. The molecule has 132 valence electrons. The molecule has 0 bridgehead atoms. The molecule has 6 heteroatoms. The van der Waals surface area contributed by atoms with Gasteiger partial charge < -0.3 is 19.9 Å². The molecule has 0 radical (unpaired) electrons. The Balaban J connectivity index is 1.84. The first-order valence-corrected chi connectivity index (χ1v) is 7.99. The quantitative estimate of drug-likeness (QED) is 0.755. The molecule has 2 aromatic rings. The topological polar surface area (TPSA) is 84.9 Å². The predicted octanol–water partition coefficient (Wildman–Crippen LogP) is 2.90. The first-order chi connectivity index (χ1) is 12.0. The Morgan fingerprint density at radius 2 is 1.72 bits per heavy atom. The molecule has 0 fully saturated rings. The van der Waals surface area contributed by atoms with Crippen LogP contribution in [0.25, 0.3) is 0 Å². The summed E-state index contributed by atoms with van der Waals surface area (Å²) in [6.07, 6.45) is -0.891. The Labute approximate surface area is 146 Å². The number of amides is 1. The average molecular weight is 343 g/mol. The van der Waals surface area contributed by atoms with Gasteiger partial charge in [0.25, 0.3) is 5.91 Å². The maximum absolute atomic E-state index is 12.1. The Hall–Kier alpha value is -3.02. The molecule has 0 aliphatic carbocycles. The predicted molar refractivity (Wildman–Crippen MR) is 93.6 cm³/mol. The fourth-order valence-electron chi connectivity index (χ4n) is 2.12. The molecule has 1 amide bonds. The number of carbonyl (C=O) groups is 2. The van der Waals surface area contributed by atoms with Gasteiger partial charge >= 0.3 is 5.97 Å². The lowest BCUT2D eigenvalue weighted by atomic mass is 10.1. The number of rotatable bonds is 7. The first-order valence-electron chi connectivity index (χ1n) is 7.99. The molecular weight excluding hydrogens is 322 g/mol. The van der Waals surface area contributed by atoms with E-state index in [1.807, 2.05) is 6.92 Å². The molecule has 6 nitrogen and oxygen atoms in total. The zero-order valence-corrected chi connectivity index (χ0v) is 14.2. The van der Waals surface area contributed by atoms with Gasteiger partial charge in [-0.1, -0.05) is 12.1 Å². The van der Waals surface area contributed by atoms with Gasteiger partial charge in [0.05, 0.1) is 13.0 Å². The summed E-state index contributed by atoms with van der Waals surface area (Å²) in [6.45, 7) is 3.97. The van der Waals surface area contributed by atoms with Gasteiger partial charge in [-0.3, -0.25) is 9.59 Å². The van der Waals surface area contributed by atoms with Crippen molar-refractivity contribution in [2.75, 3.05) is 11.9 Å². The number of hydrogen-bond acceptors (Lipinski definition) is 5. The van der Waals surface area contributed by atoms with Crippen molar-refractivity contribution in [2.45, 2.75) is 26.4 Å². The van der Waals surface area contributed by atoms with Gasteiger partial charge in [-0.15, -0.1) is 0 Å². The third-order valence-electron chi connectivity index (χ3n) is 3.40. The highest BCUT2D eigenvalue weighted by Gasteiger charge is 2.18. The lowest BCUT2D eigenvalue weighted by molar-refractivity contribution is -0.152. The van der Waals surface area contributed by atoms with Crippen LogP contribution in [0.15, 0.2) is 48.5 Å². The second-order valence-electron chi connectivity index (χ2n) is 5.42. The summed E-state index contributed by atoms with van der Waals surface area (Å²) in [5.41, 5.74) is 1.29. The van der Waals surface area contributed by atoms with Crippen molar-refractivity contribution in [2.24, 2.45) is 0 Å². The smallest absolute Gasteiger partial charge is 0.311 e. The second kappa shape index (κ2) is 8.73. The van der Waals surface area contributed by atoms with Crippen molar-refractivity contribution in [3.63, 3.8) is 0 Å². The third-order valence-corrected chi connectivity index (χ3v) is 3.40. The van der Waals surface area contributed by atoms with Crippen molar-refractivity contribution in [3.05, 3.63) is 54.1 Å². The van der Waals surface area contributed by atoms with Gasteiger partial charge in [-0.05, 0) is 55.8 Å². The van der Waals surface area contributed by atoms with E-state index in [-0.39, 0.29) is 12.2 Å². The van der Waals surface area contributed by atoms with Crippen molar-refractivity contribution in [1.29, 1.82) is 0 Å². The van der Waals surface area contributed by atoms with Crippen LogP contribution < -0.4 is 10.1 Å². The minimum Gasteiger partial charge on any atom is -0.508 e. The SMILES string of the molecule is CCOc1ccc(NC(=O)[C@H](C)OC(=O)Cc2ccc(O)cc2)cc1. The lowest BCUT2D eigenvalue weighted by Crippen LogP contribution is -2.30. The summed E-state index contributed by atoms with van der Waals surface area (Å²) in [5.74, 6) is -0.0858. The van der Waals surface area contributed by atoms with Crippen LogP contribution >= 0.6 is 0 Å². The van der Waals surface area contributed by atoms with Crippen molar-refractivity contribution >= 4 is 17.6 Å². The summed E-state index contributed by atoms with van der Waals surface area (Å²) in [7, 11) is 0. The molecule has 0 aromatic heterocycles. The van der Waals surface area contributed by atoms with Gasteiger partial charge in [0.15, 0.2) is 6.10 Å². The van der Waals surface area contributed by atoms with E-state index in [0.29, 0.717) is 23.6 Å². The summed E-state index contributed by atoms with van der Waals surface area (Å²) < 4.78 is 10.5. The van der Waals surface area contributed by atoms with Crippen molar-refractivity contribution < 1.29 is 24.2 Å². The molecule has 0 saturated heterocycles. The van der Waals surface area contributed by atoms with Crippen LogP contribution in [0.1, 0.15) is 19.4 Å². The number of phenolic OH excluding ortho intramolecular Hbond substituents is 1. The fraction of sp³-hybridized carbons (Fsp3) is 0.263. The van der Waals surface area contributed by atoms with E-state index in [1.54, 1.807) is 36.4 Å². The number of anilines is 1. The molecule has 0 unspecified atom stereocenters. The average Bonchev–Trinajstić information content (AvgIpc) is 2.59. The van der Waals surface area contributed by atoms with Gasteiger partial charge in [0, 0.05) is 5.69 Å². The first kappa shape index (κ1) is 18.3. The molecule has 0 aliphatic heterocycles. The molecule has 0 spiro atoms. The van der Waals surface area contributed by atoms with Gasteiger partial charge in [0.2, 0.25) is 0 Å². The number of aromatic hydroxyl groups is 1. The van der Waals surface area contributed by atoms with E-state index in [0.717, 1.165) is 0 Å². The number of carbonyl (C=O) groups excluding carboxylic acids is 2. The van der Waals surface area contributed by atoms with Crippen LogP contribution in [-0.2, 0) is 20.7 Å². The number of hydrogen-bond donors (Lipinski definition) is 2. The number of benzene rings is 2. The fourth-order valence-corrected chi connectivity index (χ4v) is 2.12. The van der Waals surface area contributed by atoms with E-state index >= 15 is 0 Å². The van der Waals surface area contributed by atoms with Crippen LogP contribution in [0.2, 0.25) is 0 Å². The second-order valence-corrected chi connectivity index (χ2v) is 5.42. The van der Waals surface area contributed by atoms with Crippen LogP contribution in [0.4, 0.5) is 5.69 Å². The van der Waals surface area contributed by atoms with Crippen molar-refractivity contribution in [3.8, 4) is 11.5 Å². The highest BCUT2D eigenvalue weighted by Crippen LogP contribution is 2.16. The largest absolute Gasteiger partial charge is 0.508 e. The minimum atomic E-state index is -0.920. The summed E-state index contributed by atoms with van der Waals surface area (Å²) in [4.78, 5) is 24.0. The highest BCUT2D eigenvalue weighted by atomic mass is 16.5. The molecule has 0 heterocycles. The van der Waals surface area contributed by atoms with E-state index < -0.39 is 18.0 Å². The molecular formula is C19H21NO5. The highest BCUT2D eigenvalue weighted by molar-refractivity contribution is 5.95. The molecule has 2 N–H and O–H groups in total. The Bertz CT molecular complexity index is 710. The number of nitrogens with one attached hydrogen (secondary N) is 1. The van der Waals surface area contributed by atoms with E-state index in [4.69, 9.17) is 9.47 Å². The third kappa shape index (κ3) is 5.84. The molecule has 0 saturated carbocycles. The van der Waals surface area contributed by atoms with Gasteiger partial charge in [-0.2, -0.15) is 0 Å². The van der Waals surface area contributed by atoms with Crippen LogP contribution in [-0.4, -0.2) is 29.7 Å². The van der Waals surface area contributed by atoms with Crippen molar-refractivity contribution in [1.82, 2.24) is 0 Å². The maximum Gasteiger partial charge on any atom is 0.311 e. The standard InChI is InChI=1S/C19H21NO5/c1-3-24-17-10-6-15(7-11-17)20-19(23)13(2)25-18(22)12-14-4-8-16(21)9-5-14/h4-11,13,21H,3,12H2,1-2H3,(H,20,23)/t13-/m0/s1. The lowest BCUT2D eigenvalue weighted by Gasteiger charge is -2.14. The molecule has 25 heavy (non-hydrogen) atoms. The monoisotopic (exact) mass is 343 g/mol. The Kier molecular flexibility index (Phi) is 6.39. The maximum atomic E-state index is 12.1. The zero-order valence-electron chi connectivity index (χ0n) is 14.2. The van der Waals surface area contributed by atoms with Gasteiger partial charge in [0.1, 0.15) is 11.5 Å². The molecule has 0 aliphatic rings. The van der Waals surface area contributed by atoms with Gasteiger partial charge in [-0.25, -0.2) is 0 Å². The number of esters is 1. The number of phenols is 1. The molecule has 2 aromatic carbocycles. The summed E-state index contributed by atoms with van der Waals surface area (Å²) >= 11 is 0. The van der Waals surface area contributed by atoms with E-state index in [1.165, 1.54) is 19.1 Å². The van der Waals surface area contributed by atoms with Crippen LogP contribution in [0.3, 0.4) is 0 Å². The van der Waals surface area contributed by atoms with E-state index in [9.17, 15) is 14.7 Å².